The third-order valence-corrected chi connectivity index (χ3v) is 6.05. The molecule has 134 valence electrons. The lowest BCUT2D eigenvalue weighted by Crippen LogP contribution is -2.14. The maximum atomic E-state index is 12.2. The summed E-state index contributed by atoms with van der Waals surface area (Å²) < 4.78 is 2.23. The second-order valence-corrected chi connectivity index (χ2v) is 8.43. The van der Waals surface area contributed by atoms with Gasteiger partial charge in [0.1, 0.15) is 5.82 Å². The van der Waals surface area contributed by atoms with Gasteiger partial charge in [-0.2, -0.15) is 0 Å². The normalized spacial score (nSPS) is 13.7. The molecule has 0 saturated heterocycles. The van der Waals surface area contributed by atoms with Crippen molar-refractivity contribution in [1.82, 2.24) is 14.8 Å². The van der Waals surface area contributed by atoms with Crippen LogP contribution in [0, 0.1) is 6.92 Å². The smallest absolute Gasteiger partial charge is 0.234 e. The molecule has 0 spiro atoms. The highest BCUT2D eigenvalue weighted by Crippen LogP contribution is 2.39. The van der Waals surface area contributed by atoms with Crippen LogP contribution in [0.25, 0.3) is 0 Å². The average Bonchev–Trinajstić information content (AvgIpc) is 3.18. The van der Waals surface area contributed by atoms with Gasteiger partial charge in [0, 0.05) is 23.0 Å². The fourth-order valence-electron chi connectivity index (χ4n) is 2.76. The van der Waals surface area contributed by atoms with Crippen molar-refractivity contribution in [3.63, 3.8) is 0 Å². The molecule has 1 aromatic carbocycles. The predicted octanol–water partition coefficient (Wildman–Crippen LogP) is 4.30. The largest absolute Gasteiger partial charge is 0.325 e. The van der Waals surface area contributed by atoms with E-state index in [4.69, 9.17) is 0 Å². The molecule has 1 saturated carbocycles. The van der Waals surface area contributed by atoms with Gasteiger partial charge in [0.15, 0.2) is 5.16 Å². The lowest BCUT2D eigenvalue weighted by Gasteiger charge is -2.09. The van der Waals surface area contributed by atoms with Gasteiger partial charge in [0.2, 0.25) is 5.91 Å². The van der Waals surface area contributed by atoms with Gasteiger partial charge in [-0.25, -0.2) is 0 Å². The summed E-state index contributed by atoms with van der Waals surface area (Å²) in [5, 5.41) is 14.6. The number of carbonyl (C=O) groups excluding carboxylic acids is 1. The quantitative estimate of drug-likeness (QED) is 0.617. The number of carbonyl (C=O) groups is 1. The van der Waals surface area contributed by atoms with E-state index in [0.29, 0.717) is 11.8 Å². The second kappa shape index (κ2) is 7.63. The van der Waals surface area contributed by atoms with Crippen LogP contribution in [-0.2, 0) is 11.2 Å². The Hall–Kier alpha value is -2.12. The Morgan fingerprint density at radius 2 is 2.08 bits per heavy atom. The highest BCUT2D eigenvalue weighted by atomic mass is 32.2. The molecule has 4 rings (SSSR count). The Kier molecular flexibility index (Phi) is 5.08. The molecule has 3 aromatic rings. The molecule has 0 bridgehead atoms. The Bertz CT molecular complexity index is 883. The van der Waals surface area contributed by atoms with Gasteiger partial charge in [-0.05, 0) is 43.3 Å². The number of thioether (sulfide) groups is 1. The van der Waals surface area contributed by atoms with Crippen molar-refractivity contribution in [2.75, 3.05) is 11.1 Å². The molecule has 0 radical (unpaired) electrons. The number of benzene rings is 1. The van der Waals surface area contributed by atoms with Crippen LogP contribution in [0.3, 0.4) is 0 Å². The maximum absolute atomic E-state index is 12.2. The molecule has 2 aromatic heterocycles. The Morgan fingerprint density at radius 3 is 2.77 bits per heavy atom. The molecule has 0 aliphatic heterocycles. The summed E-state index contributed by atoms with van der Waals surface area (Å²) in [6.07, 6.45) is 3.13. The summed E-state index contributed by atoms with van der Waals surface area (Å²) in [6, 6.07) is 12.5. The van der Waals surface area contributed by atoms with Crippen LogP contribution in [-0.4, -0.2) is 26.4 Å². The molecule has 1 fully saturated rings. The van der Waals surface area contributed by atoms with Crippen molar-refractivity contribution in [2.45, 2.75) is 37.4 Å². The van der Waals surface area contributed by atoms with Crippen LogP contribution in [0.15, 0.2) is 46.9 Å². The molecule has 1 N–H and O–H groups in total. The number of nitrogens with one attached hydrogen (secondary N) is 1. The number of aromatic nitrogens is 3. The number of amides is 1. The minimum atomic E-state index is -0.0241. The molecule has 1 aliphatic rings. The average molecular weight is 385 g/mol. The van der Waals surface area contributed by atoms with Crippen molar-refractivity contribution in [1.29, 1.82) is 0 Å². The Labute approximate surface area is 160 Å². The van der Waals surface area contributed by atoms with Crippen molar-refractivity contribution in [3.05, 3.63) is 58.0 Å². The Morgan fingerprint density at radius 1 is 1.27 bits per heavy atom. The molecule has 1 amide bonds. The van der Waals surface area contributed by atoms with Gasteiger partial charge in [0.05, 0.1) is 5.75 Å². The fourth-order valence-corrected chi connectivity index (χ4v) is 4.28. The number of thiophene rings is 1. The van der Waals surface area contributed by atoms with Gasteiger partial charge in [0.25, 0.3) is 0 Å². The zero-order chi connectivity index (χ0) is 17.9. The van der Waals surface area contributed by atoms with E-state index in [-0.39, 0.29) is 5.91 Å². The van der Waals surface area contributed by atoms with Crippen LogP contribution >= 0.6 is 23.1 Å². The van der Waals surface area contributed by atoms with E-state index in [9.17, 15) is 4.79 Å². The molecule has 0 unspecified atom stereocenters. The summed E-state index contributed by atoms with van der Waals surface area (Å²) in [4.78, 5) is 13.5. The SMILES string of the molecule is Cc1ccc(NC(=O)CSc2nnc(Cc3cccs3)n2C2CC2)cc1. The van der Waals surface area contributed by atoms with Crippen molar-refractivity contribution in [2.24, 2.45) is 0 Å². The van der Waals surface area contributed by atoms with Gasteiger partial charge < -0.3 is 9.88 Å². The second-order valence-electron chi connectivity index (χ2n) is 6.46. The van der Waals surface area contributed by atoms with E-state index < -0.39 is 0 Å². The molecule has 7 heteroatoms. The number of nitrogens with zero attached hydrogens (tertiary/aromatic N) is 3. The zero-order valence-electron chi connectivity index (χ0n) is 14.5. The summed E-state index contributed by atoms with van der Waals surface area (Å²) in [5.74, 6) is 1.30. The zero-order valence-corrected chi connectivity index (χ0v) is 16.1. The number of aryl methyl sites for hydroxylation is 1. The monoisotopic (exact) mass is 384 g/mol. The number of hydrogen-bond acceptors (Lipinski definition) is 5. The van der Waals surface area contributed by atoms with Gasteiger partial charge in [-0.1, -0.05) is 35.5 Å². The molecule has 5 nitrogen and oxygen atoms in total. The lowest BCUT2D eigenvalue weighted by atomic mass is 10.2. The summed E-state index contributed by atoms with van der Waals surface area (Å²) in [6.45, 7) is 2.03. The first-order valence-electron chi connectivity index (χ1n) is 8.64. The first-order chi connectivity index (χ1) is 12.7. The standard InChI is InChI=1S/C19H20N4OS2/c1-13-4-6-14(7-5-13)20-18(24)12-26-19-22-21-17(23(19)15-8-9-15)11-16-3-2-10-25-16/h2-7,10,15H,8-9,11-12H2,1H3,(H,20,24). The van der Waals surface area contributed by atoms with Crippen LogP contribution in [0.1, 0.15) is 35.1 Å². The van der Waals surface area contributed by atoms with Gasteiger partial charge in [-0.15, -0.1) is 21.5 Å². The molecular formula is C19H20N4OS2. The minimum absolute atomic E-state index is 0.0241. The summed E-state index contributed by atoms with van der Waals surface area (Å²) in [7, 11) is 0. The summed E-state index contributed by atoms with van der Waals surface area (Å²) >= 11 is 3.20. The van der Waals surface area contributed by atoms with E-state index in [2.05, 4.69) is 37.6 Å². The molecule has 0 atom stereocenters. The number of hydrogen-bond donors (Lipinski definition) is 1. The number of anilines is 1. The van der Waals surface area contributed by atoms with E-state index in [1.54, 1.807) is 11.3 Å². The third kappa shape index (κ3) is 4.16. The van der Waals surface area contributed by atoms with Crippen molar-refractivity contribution in [3.8, 4) is 0 Å². The fraction of sp³-hybridized carbons (Fsp3) is 0.316. The van der Waals surface area contributed by atoms with E-state index in [1.807, 2.05) is 31.2 Å². The van der Waals surface area contributed by atoms with Crippen molar-refractivity contribution < 1.29 is 4.79 Å². The van der Waals surface area contributed by atoms with Crippen LogP contribution in [0.5, 0.6) is 0 Å². The predicted molar refractivity (Wildman–Crippen MR) is 106 cm³/mol. The molecule has 2 heterocycles. The third-order valence-electron chi connectivity index (χ3n) is 4.23. The highest BCUT2D eigenvalue weighted by molar-refractivity contribution is 7.99. The summed E-state index contributed by atoms with van der Waals surface area (Å²) in [5.41, 5.74) is 2.00. The lowest BCUT2D eigenvalue weighted by molar-refractivity contribution is -0.113. The minimum Gasteiger partial charge on any atom is -0.325 e. The molecule has 1 aliphatic carbocycles. The first-order valence-corrected chi connectivity index (χ1v) is 10.5. The first kappa shape index (κ1) is 17.3. The van der Waals surface area contributed by atoms with E-state index in [0.717, 1.165) is 23.1 Å². The van der Waals surface area contributed by atoms with Crippen molar-refractivity contribution >= 4 is 34.7 Å². The van der Waals surface area contributed by atoms with E-state index in [1.165, 1.54) is 35.0 Å². The highest BCUT2D eigenvalue weighted by Gasteiger charge is 2.29. The topological polar surface area (TPSA) is 59.8 Å². The Balaban J connectivity index is 1.40. The number of rotatable bonds is 7. The van der Waals surface area contributed by atoms with Crippen LogP contribution in [0.2, 0.25) is 0 Å². The van der Waals surface area contributed by atoms with Crippen LogP contribution in [0.4, 0.5) is 5.69 Å². The molecular weight excluding hydrogens is 364 g/mol. The maximum Gasteiger partial charge on any atom is 0.234 e. The van der Waals surface area contributed by atoms with E-state index >= 15 is 0 Å². The van der Waals surface area contributed by atoms with Gasteiger partial charge in [-0.3, -0.25) is 4.79 Å². The molecule has 26 heavy (non-hydrogen) atoms. The van der Waals surface area contributed by atoms with Crippen LogP contribution < -0.4 is 5.32 Å². The van der Waals surface area contributed by atoms with Gasteiger partial charge >= 0.3 is 0 Å².